The number of nitrogens with zero attached hydrogens (tertiary/aromatic N) is 3. The van der Waals surface area contributed by atoms with Crippen LogP contribution in [0.3, 0.4) is 0 Å². The molecule has 5 heteroatoms. The summed E-state index contributed by atoms with van der Waals surface area (Å²) in [6.07, 6.45) is 4.15. The molecule has 18 heavy (non-hydrogen) atoms. The molecule has 0 aliphatic carbocycles. The number of nitrogens with two attached hydrogens (primary N) is 1. The zero-order chi connectivity index (χ0) is 13.1. The van der Waals surface area contributed by atoms with Crippen LogP contribution < -0.4 is 10.6 Å². The molecule has 2 heterocycles. The minimum absolute atomic E-state index is 0.661. The molecule has 2 aromatic rings. The highest BCUT2D eigenvalue weighted by Gasteiger charge is 2.16. The van der Waals surface area contributed by atoms with E-state index in [0.717, 1.165) is 23.7 Å². The molecule has 1 unspecified atom stereocenters. The molecule has 2 N–H and O–H groups in total. The van der Waals surface area contributed by atoms with E-state index in [-0.39, 0.29) is 0 Å². The second kappa shape index (κ2) is 5.71. The van der Waals surface area contributed by atoms with Gasteiger partial charge in [0.1, 0.15) is 0 Å². The normalized spacial score (nSPS) is 13.1. The van der Waals surface area contributed by atoms with E-state index in [1.54, 1.807) is 11.3 Å². The highest BCUT2D eigenvalue weighted by molar-refractivity contribution is 7.15. The first-order valence-electron chi connectivity index (χ1n) is 6.53. The van der Waals surface area contributed by atoms with Crippen molar-refractivity contribution >= 4 is 22.1 Å². The summed E-state index contributed by atoms with van der Waals surface area (Å²) in [7, 11) is 2.12. The van der Waals surface area contributed by atoms with E-state index in [9.17, 15) is 0 Å². The molecule has 0 saturated carbocycles. The van der Waals surface area contributed by atoms with E-state index < -0.39 is 0 Å². The fourth-order valence-electron chi connectivity index (χ4n) is 2.18. The second-order valence-electron chi connectivity index (χ2n) is 4.87. The topological polar surface area (TPSA) is 46.6 Å². The van der Waals surface area contributed by atoms with Crippen molar-refractivity contribution in [2.24, 2.45) is 11.7 Å². The van der Waals surface area contributed by atoms with E-state index >= 15 is 0 Å². The Morgan fingerprint density at radius 3 is 3.00 bits per heavy atom. The van der Waals surface area contributed by atoms with Crippen LogP contribution in [0.1, 0.15) is 26.0 Å². The SMILES string of the molecule is CCC(C)CN(C)c1nc2sccn2c1CCN. The third-order valence-corrected chi connectivity index (χ3v) is 4.12. The van der Waals surface area contributed by atoms with Gasteiger partial charge >= 0.3 is 0 Å². The van der Waals surface area contributed by atoms with E-state index in [1.807, 2.05) is 0 Å². The number of thiazole rings is 1. The summed E-state index contributed by atoms with van der Waals surface area (Å²) in [6.45, 7) is 6.20. The smallest absolute Gasteiger partial charge is 0.195 e. The molecule has 0 fully saturated rings. The van der Waals surface area contributed by atoms with Gasteiger partial charge in [-0.25, -0.2) is 4.98 Å². The summed E-state index contributed by atoms with van der Waals surface area (Å²) in [5.41, 5.74) is 6.96. The maximum absolute atomic E-state index is 5.72. The molecule has 0 radical (unpaired) electrons. The molecule has 0 saturated heterocycles. The Labute approximate surface area is 112 Å². The van der Waals surface area contributed by atoms with Crippen LogP contribution in [0, 0.1) is 5.92 Å². The lowest BCUT2D eigenvalue weighted by Gasteiger charge is -2.21. The van der Waals surface area contributed by atoms with Crippen molar-refractivity contribution < 1.29 is 0 Å². The van der Waals surface area contributed by atoms with Gasteiger partial charge in [-0.05, 0) is 12.5 Å². The third-order valence-electron chi connectivity index (χ3n) is 3.37. The van der Waals surface area contributed by atoms with Crippen molar-refractivity contribution in [2.75, 3.05) is 25.0 Å². The molecule has 0 aliphatic rings. The first kappa shape index (κ1) is 13.4. The average Bonchev–Trinajstić information content (AvgIpc) is 2.91. The molecule has 100 valence electrons. The Bertz CT molecular complexity index is 502. The van der Waals surface area contributed by atoms with Gasteiger partial charge in [-0.3, -0.25) is 4.40 Å². The number of imidazole rings is 1. The summed E-state index contributed by atoms with van der Waals surface area (Å²) in [5.74, 6) is 1.77. The lowest BCUT2D eigenvalue weighted by molar-refractivity contribution is 0.557. The average molecular weight is 266 g/mol. The number of hydrogen-bond acceptors (Lipinski definition) is 4. The molecule has 2 rings (SSSR count). The molecule has 0 aliphatic heterocycles. The maximum atomic E-state index is 5.72. The third kappa shape index (κ3) is 2.52. The molecule has 4 nitrogen and oxygen atoms in total. The van der Waals surface area contributed by atoms with Gasteiger partial charge < -0.3 is 10.6 Å². The van der Waals surface area contributed by atoms with Crippen LogP contribution in [-0.4, -0.2) is 29.5 Å². The van der Waals surface area contributed by atoms with Gasteiger partial charge in [-0.15, -0.1) is 11.3 Å². The monoisotopic (exact) mass is 266 g/mol. The van der Waals surface area contributed by atoms with Crippen LogP contribution in [-0.2, 0) is 6.42 Å². The van der Waals surface area contributed by atoms with Gasteiger partial charge in [0.05, 0.1) is 5.69 Å². The summed E-state index contributed by atoms with van der Waals surface area (Å²) in [4.78, 5) is 8.05. The van der Waals surface area contributed by atoms with Gasteiger partial charge in [0.15, 0.2) is 10.8 Å². The number of rotatable bonds is 6. The Morgan fingerprint density at radius 2 is 2.33 bits per heavy atom. The Morgan fingerprint density at radius 1 is 1.56 bits per heavy atom. The zero-order valence-corrected chi connectivity index (χ0v) is 12.2. The predicted octanol–water partition coefficient (Wildman–Crippen LogP) is 2.38. The van der Waals surface area contributed by atoms with Crippen molar-refractivity contribution in [2.45, 2.75) is 26.7 Å². The second-order valence-corrected chi connectivity index (χ2v) is 5.74. The predicted molar refractivity (Wildman–Crippen MR) is 78.6 cm³/mol. The Hall–Kier alpha value is -1.07. The number of anilines is 1. The Balaban J connectivity index is 2.30. The van der Waals surface area contributed by atoms with Crippen molar-refractivity contribution in [3.05, 3.63) is 17.3 Å². The zero-order valence-electron chi connectivity index (χ0n) is 11.4. The number of fused-ring (bicyclic) bond motifs is 1. The fourth-order valence-corrected chi connectivity index (χ4v) is 2.91. The molecule has 1 atom stereocenters. The molecule has 0 amide bonds. The van der Waals surface area contributed by atoms with Crippen LogP contribution in [0.15, 0.2) is 11.6 Å². The van der Waals surface area contributed by atoms with E-state index in [1.165, 1.54) is 12.1 Å². The van der Waals surface area contributed by atoms with Crippen molar-refractivity contribution in [3.63, 3.8) is 0 Å². The van der Waals surface area contributed by atoms with Gasteiger partial charge in [-0.1, -0.05) is 20.3 Å². The highest BCUT2D eigenvalue weighted by atomic mass is 32.1. The minimum Gasteiger partial charge on any atom is -0.358 e. The van der Waals surface area contributed by atoms with Crippen LogP contribution in [0.4, 0.5) is 5.82 Å². The molecule has 2 aromatic heterocycles. The molecule has 0 aromatic carbocycles. The minimum atomic E-state index is 0.661. The first-order chi connectivity index (χ1) is 8.67. The van der Waals surface area contributed by atoms with Gasteiger partial charge in [0.2, 0.25) is 0 Å². The maximum Gasteiger partial charge on any atom is 0.195 e. The standard InChI is InChI=1S/C13H22N4S/c1-4-10(2)9-16(3)12-11(5-6-14)17-7-8-18-13(17)15-12/h7-8,10H,4-6,9,14H2,1-3H3. The quantitative estimate of drug-likeness (QED) is 0.873. The van der Waals surface area contributed by atoms with Crippen LogP contribution in [0.25, 0.3) is 4.96 Å². The molecule has 0 spiro atoms. The Kier molecular flexibility index (Phi) is 4.24. The summed E-state index contributed by atoms with van der Waals surface area (Å²) in [6, 6.07) is 0. The lowest BCUT2D eigenvalue weighted by Crippen LogP contribution is -2.25. The van der Waals surface area contributed by atoms with Crippen molar-refractivity contribution in [1.82, 2.24) is 9.38 Å². The van der Waals surface area contributed by atoms with Crippen LogP contribution in [0.5, 0.6) is 0 Å². The number of aromatic nitrogens is 2. The van der Waals surface area contributed by atoms with Gasteiger partial charge in [0.25, 0.3) is 0 Å². The van der Waals surface area contributed by atoms with Gasteiger partial charge in [0, 0.05) is 31.6 Å². The van der Waals surface area contributed by atoms with E-state index in [2.05, 4.69) is 41.8 Å². The highest BCUT2D eigenvalue weighted by Crippen LogP contribution is 2.25. The molecule has 0 bridgehead atoms. The summed E-state index contributed by atoms with van der Waals surface area (Å²) >= 11 is 1.67. The summed E-state index contributed by atoms with van der Waals surface area (Å²) in [5, 5.41) is 2.07. The first-order valence-corrected chi connectivity index (χ1v) is 7.41. The fraction of sp³-hybridized carbons (Fsp3) is 0.615. The molecular weight excluding hydrogens is 244 g/mol. The van der Waals surface area contributed by atoms with E-state index in [4.69, 9.17) is 10.7 Å². The largest absolute Gasteiger partial charge is 0.358 e. The van der Waals surface area contributed by atoms with Crippen LogP contribution >= 0.6 is 11.3 Å². The van der Waals surface area contributed by atoms with Crippen molar-refractivity contribution in [3.8, 4) is 0 Å². The van der Waals surface area contributed by atoms with Gasteiger partial charge in [-0.2, -0.15) is 0 Å². The van der Waals surface area contributed by atoms with Crippen molar-refractivity contribution in [1.29, 1.82) is 0 Å². The lowest BCUT2D eigenvalue weighted by atomic mass is 10.1. The van der Waals surface area contributed by atoms with E-state index in [0.29, 0.717) is 12.5 Å². The van der Waals surface area contributed by atoms with Crippen LogP contribution in [0.2, 0.25) is 0 Å². The number of hydrogen-bond donors (Lipinski definition) is 1. The summed E-state index contributed by atoms with van der Waals surface area (Å²) < 4.78 is 2.17. The molecular formula is C13H22N4S.